The first kappa shape index (κ1) is 23.7. The van der Waals surface area contributed by atoms with Crippen molar-refractivity contribution in [1.82, 2.24) is 25.8 Å². The third-order valence-electron chi connectivity index (χ3n) is 5.48. The number of carboxylic acids is 1. The van der Waals surface area contributed by atoms with Gasteiger partial charge in [-0.3, -0.25) is 24.6 Å². The van der Waals surface area contributed by atoms with Gasteiger partial charge in [-0.1, -0.05) is 18.2 Å². The number of benzene rings is 1. The number of nitrogens with zero attached hydrogens (tertiary/aromatic N) is 3. The van der Waals surface area contributed by atoms with Gasteiger partial charge < -0.3 is 15.2 Å². The summed E-state index contributed by atoms with van der Waals surface area (Å²) in [5, 5.41) is 14.4. The van der Waals surface area contributed by atoms with Gasteiger partial charge in [0.15, 0.2) is 0 Å². The van der Waals surface area contributed by atoms with E-state index in [0.29, 0.717) is 23.8 Å². The second-order valence-electron chi connectivity index (χ2n) is 7.81. The molecule has 0 spiro atoms. The summed E-state index contributed by atoms with van der Waals surface area (Å²) in [4.78, 5) is 73.7. The molecular formula is C21H25N5O7. The highest BCUT2D eigenvalue weighted by molar-refractivity contribution is 5.97. The summed E-state index contributed by atoms with van der Waals surface area (Å²) >= 11 is 0. The molecular weight excluding hydrogens is 434 g/mol. The van der Waals surface area contributed by atoms with Gasteiger partial charge >= 0.3 is 12.0 Å². The van der Waals surface area contributed by atoms with Crippen LogP contribution in [0.15, 0.2) is 24.3 Å². The molecule has 0 aromatic heterocycles. The van der Waals surface area contributed by atoms with Gasteiger partial charge in [-0.25, -0.2) is 19.8 Å². The average Bonchev–Trinajstić information content (AvgIpc) is 2.90. The molecule has 0 saturated carbocycles. The largest absolute Gasteiger partial charge is 0.481 e. The van der Waals surface area contributed by atoms with Crippen molar-refractivity contribution in [3.05, 3.63) is 35.4 Å². The van der Waals surface area contributed by atoms with Gasteiger partial charge in [-0.15, -0.1) is 0 Å². The number of rotatable bonds is 7. The maximum absolute atomic E-state index is 13.3. The monoisotopic (exact) mass is 459 g/mol. The summed E-state index contributed by atoms with van der Waals surface area (Å²) in [5.41, 5.74) is 3.57. The highest BCUT2D eigenvalue weighted by Gasteiger charge is 2.44. The Morgan fingerprint density at radius 1 is 1.21 bits per heavy atom. The summed E-state index contributed by atoms with van der Waals surface area (Å²) in [5.74, 6) is -2.97. The summed E-state index contributed by atoms with van der Waals surface area (Å²) in [6, 6.07) is 3.60. The van der Waals surface area contributed by atoms with Crippen LogP contribution in [0.5, 0.6) is 0 Å². The molecule has 1 aromatic rings. The van der Waals surface area contributed by atoms with Crippen LogP contribution in [0, 0.1) is 6.92 Å². The van der Waals surface area contributed by atoms with E-state index in [4.69, 9.17) is 5.11 Å². The Morgan fingerprint density at radius 3 is 2.61 bits per heavy atom. The van der Waals surface area contributed by atoms with Crippen LogP contribution in [-0.2, 0) is 19.2 Å². The van der Waals surface area contributed by atoms with Crippen molar-refractivity contribution in [1.29, 1.82) is 0 Å². The van der Waals surface area contributed by atoms with E-state index in [0.717, 1.165) is 10.0 Å². The molecule has 12 nitrogen and oxygen atoms in total. The second kappa shape index (κ2) is 10.1. The first-order chi connectivity index (χ1) is 15.7. The van der Waals surface area contributed by atoms with Gasteiger partial charge in [0.2, 0.25) is 11.8 Å². The van der Waals surface area contributed by atoms with Gasteiger partial charge in [0, 0.05) is 18.5 Å². The lowest BCUT2D eigenvalue weighted by Crippen LogP contribution is -2.64. The quantitative estimate of drug-likeness (QED) is 0.478. The normalized spacial score (nSPS) is 19.3. The molecule has 0 aliphatic carbocycles. The lowest BCUT2D eigenvalue weighted by atomic mass is 10.1. The topological polar surface area (TPSA) is 156 Å². The highest BCUT2D eigenvalue weighted by atomic mass is 16.4. The molecule has 0 radical (unpaired) electrons. The zero-order valence-corrected chi connectivity index (χ0v) is 18.0. The van der Waals surface area contributed by atoms with Crippen molar-refractivity contribution in [2.45, 2.75) is 44.7 Å². The first-order valence-corrected chi connectivity index (χ1v) is 10.5. The van der Waals surface area contributed by atoms with E-state index in [2.05, 4.69) is 10.7 Å². The van der Waals surface area contributed by atoms with Crippen molar-refractivity contribution in [3.63, 3.8) is 0 Å². The lowest BCUT2D eigenvalue weighted by molar-refractivity contribution is -0.155. The molecule has 2 fully saturated rings. The zero-order valence-electron chi connectivity index (χ0n) is 18.0. The lowest BCUT2D eigenvalue weighted by Gasteiger charge is -2.42. The Kier molecular flexibility index (Phi) is 7.26. The molecule has 33 heavy (non-hydrogen) atoms. The Bertz CT molecular complexity index is 982. The number of aryl methyl sites for hydroxylation is 1. The second-order valence-corrected chi connectivity index (χ2v) is 7.81. The third kappa shape index (κ3) is 5.27. The predicted octanol–water partition coefficient (Wildman–Crippen LogP) is -0.168. The van der Waals surface area contributed by atoms with Crippen molar-refractivity contribution < 1.29 is 33.9 Å². The van der Waals surface area contributed by atoms with Crippen LogP contribution in [0.1, 0.15) is 41.6 Å². The zero-order chi connectivity index (χ0) is 24.1. The van der Waals surface area contributed by atoms with Crippen LogP contribution in [0.4, 0.5) is 4.79 Å². The molecule has 12 heteroatoms. The Hall–Kier alpha value is -3.96. The molecule has 2 atom stereocenters. The van der Waals surface area contributed by atoms with E-state index >= 15 is 0 Å². The van der Waals surface area contributed by atoms with Gasteiger partial charge in [0.1, 0.15) is 12.3 Å². The fraction of sp³-hybridized carbons (Fsp3) is 0.429. The van der Waals surface area contributed by atoms with E-state index in [-0.39, 0.29) is 25.9 Å². The smallest absolute Gasteiger partial charge is 0.358 e. The molecule has 5 amide bonds. The maximum atomic E-state index is 13.3. The molecule has 3 rings (SSSR count). The minimum atomic E-state index is -1.28. The summed E-state index contributed by atoms with van der Waals surface area (Å²) in [6.45, 7) is 1.86. The van der Waals surface area contributed by atoms with E-state index in [1.165, 1.54) is 5.01 Å². The number of aliphatic carboxylic acids is 1. The summed E-state index contributed by atoms with van der Waals surface area (Å²) < 4.78 is 0. The molecule has 0 unspecified atom stereocenters. The van der Waals surface area contributed by atoms with Gasteiger partial charge in [-0.2, -0.15) is 0 Å². The standard InChI is InChI=1S/C21H25N5O7/c1-13-5-2-3-6-15(13)19(31)23-24-10-8-17(28)25-9-4-7-16(26(25)21(24)33)20(32)22-14(12-27)11-18(29)30/h2-3,5-6,12,14,16H,4,7-11H2,1H3,(H,22,32)(H,23,31)(H,29,30)/t14-,16-/m0/s1. The molecule has 1 aromatic carbocycles. The van der Waals surface area contributed by atoms with Crippen LogP contribution in [0.3, 0.4) is 0 Å². The van der Waals surface area contributed by atoms with Crippen LogP contribution >= 0.6 is 0 Å². The molecule has 2 saturated heterocycles. The molecule has 2 aliphatic rings. The number of carboxylic acid groups (broad SMARTS) is 1. The average molecular weight is 459 g/mol. The maximum Gasteiger partial charge on any atom is 0.358 e. The molecule has 0 bridgehead atoms. The minimum absolute atomic E-state index is 0.0688. The molecule has 2 heterocycles. The van der Waals surface area contributed by atoms with E-state index in [9.17, 15) is 28.8 Å². The number of fused-ring (bicyclic) bond motifs is 1. The van der Waals surface area contributed by atoms with Gasteiger partial charge in [0.05, 0.1) is 19.0 Å². The first-order valence-electron chi connectivity index (χ1n) is 10.5. The Balaban J connectivity index is 1.82. The minimum Gasteiger partial charge on any atom is -0.481 e. The number of hydrogen-bond donors (Lipinski definition) is 3. The van der Waals surface area contributed by atoms with E-state index in [1.807, 2.05) is 0 Å². The van der Waals surface area contributed by atoms with Crippen molar-refractivity contribution in [2.24, 2.45) is 0 Å². The predicted molar refractivity (Wildman–Crippen MR) is 112 cm³/mol. The Morgan fingerprint density at radius 2 is 1.94 bits per heavy atom. The molecule has 176 valence electrons. The fourth-order valence-corrected chi connectivity index (χ4v) is 3.83. The number of carbonyl (C=O) groups is 6. The number of aldehydes is 1. The molecule has 3 N–H and O–H groups in total. The summed E-state index contributed by atoms with van der Waals surface area (Å²) in [6.07, 6.45) is 0.238. The third-order valence-corrected chi connectivity index (χ3v) is 5.48. The van der Waals surface area contributed by atoms with Crippen LogP contribution in [0.2, 0.25) is 0 Å². The number of hydrogen-bond acceptors (Lipinski definition) is 6. The summed E-state index contributed by atoms with van der Waals surface area (Å²) in [7, 11) is 0. The van der Waals surface area contributed by atoms with E-state index in [1.54, 1.807) is 31.2 Å². The van der Waals surface area contributed by atoms with Gasteiger partial charge in [-0.05, 0) is 31.4 Å². The number of amides is 5. The van der Waals surface area contributed by atoms with Crippen LogP contribution < -0.4 is 10.7 Å². The van der Waals surface area contributed by atoms with Crippen molar-refractivity contribution in [3.8, 4) is 0 Å². The van der Waals surface area contributed by atoms with Crippen LogP contribution in [-0.4, -0.2) is 81.3 Å². The highest BCUT2D eigenvalue weighted by Crippen LogP contribution is 2.24. The molecule has 2 aliphatic heterocycles. The number of urea groups is 1. The number of hydrazine groups is 2. The Labute approximate surface area is 189 Å². The van der Waals surface area contributed by atoms with Crippen molar-refractivity contribution >= 4 is 36.0 Å². The van der Waals surface area contributed by atoms with E-state index < -0.39 is 48.2 Å². The SMILES string of the molecule is Cc1ccccc1C(=O)NN1CCC(=O)N2CCC[C@@H](C(=O)N[C@H](C=O)CC(=O)O)N2C1=O. The van der Waals surface area contributed by atoms with Gasteiger partial charge in [0.25, 0.3) is 5.91 Å². The van der Waals surface area contributed by atoms with Crippen molar-refractivity contribution in [2.75, 3.05) is 13.1 Å². The number of carbonyl (C=O) groups excluding carboxylic acids is 5. The van der Waals surface area contributed by atoms with Crippen LogP contribution in [0.25, 0.3) is 0 Å². The fourth-order valence-electron chi connectivity index (χ4n) is 3.83. The number of nitrogens with one attached hydrogen (secondary N) is 2.